The van der Waals surface area contributed by atoms with Crippen molar-refractivity contribution < 1.29 is 9.53 Å². The maximum atomic E-state index is 11.6. The first-order chi connectivity index (χ1) is 8.73. The van der Waals surface area contributed by atoms with Gasteiger partial charge in [-0.1, -0.05) is 20.8 Å². The summed E-state index contributed by atoms with van der Waals surface area (Å²) in [4.78, 5) is 11.6. The van der Waals surface area contributed by atoms with Crippen LogP contribution in [0.25, 0.3) is 0 Å². The molecule has 1 spiro atoms. The molecule has 0 radical (unpaired) electrons. The van der Waals surface area contributed by atoms with Gasteiger partial charge in [-0.25, -0.2) is 0 Å². The fraction of sp³-hybridized carbons (Fsp3) is 0.941. The summed E-state index contributed by atoms with van der Waals surface area (Å²) in [5.41, 5.74) is 0.461. The van der Waals surface area contributed by atoms with Crippen LogP contribution in [0.5, 0.6) is 0 Å². The Hall–Kier alpha value is -0.530. The van der Waals surface area contributed by atoms with Gasteiger partial charge in [0.1, 0.15) is 5.60 Å². The van der Waals surface area contributed by atoms with E-state index in [0.29, 0.717) is 5.41 Å². The zero-order chi connectivity index (χ0) is 14.1. The second-order valence-corrected chi connectivity index (χ2v) is 8.22. The van der Waals surface area contributed by atoms with E-state index in [1.807, 2.05) is 0 Å². The standard InChI is InChI=1S/C17H28O2/c1-11-6-9-17-10-13(11)15(3,4)14(17)7-8-16(17,5)19-12(2)18/h11,13-14H,6-10H2,1-5H3/t11-,13-,14+,16+,17+/m0/s1. The predicted molar refractivity (Wildman–Crippen MR) is 75.6 cm³/mol. The van der Waals surface area contributed by atoms with Gasteiger partial charge in [0.05, 0.1) is 0 Å². The highest BCUT2D eigenvalue weighted by Crippen LogP contribution is 2.74. The highest BCUT2D eigenvalue weighted by Gasteiger charge is 2.70. The third-order valence-electron chi connectivity index (χ3n) is 7.17. The maximum Gasteiger partial charge on any atom is 0.303 e. The van der Waals surface area contributed by atoms with Crippen LogP contribution in [0.2, 0.25) is 0 Å². The molecular weight excluding hydrogens is 236 g/mol. The van der Waals surface area contributed by atoms with Crippen molar-refractivity contribution in [2.24, 2.45) is 28.6 Å². The molecule has 0 heterocycles. The Balaban J connectivity index is 2.02. The van der Waals surface area contributed by atoms with Gasteiger partial charge in [0.25, 0.3) is 0 Å². The number of fused-ring (bicyclic) bond motifs is 1. The van der Waals surface area contributed by atoms with Crippen LogP contribution in [0, 0.1) is 28.6 Å². The lowest BCUT2D eigenvalue weighted by Crippen LogP contribution is -2.47. The number of carbonyl (C=O) groups is 1. The largest absolute Gasteiger partial charge is 0.459 e. The maximum absolute atomic E-state index is 11.6. The van der Waals surface area contributed by atoms with Crippen molar-refractivity contribution in [3.63, 3.8) is 0 Å². The van der Waals surface area contributed by atoms with E-state index in [1.54, 1.807) is 6.92 Å². The van der Waals surface area contributed by atoms with Crippen molar-refractivity contribution in [2.75, 3.05) is 0 Å². The van der Waals surface area contributed by atoms with E-state index in [1.165, 1.54) is 25.7 Å². The number of carbonyl (C=O) groups excluding carboxylic acids is 1. The predicted octanol–water partition coefficient (Wildman–Crippen LogP) is 4.18. The Morgan fingerprint density at radius 2 is 1.84 bits per heavy atom. The van der Waals surface area contributed by atoms with Gasteiger partial charge in [-0.2, -0.15) is 0 Å². The molecule has 3 aliphatic rings. The zero-order valence-corrected chi connectivity index (χ0v) is 13.1. The molecular formula is C17H28O2. The fourth-order valence-corrected chi connectivity index (χ4v) is 6.30. The summed E-state index contributed by atoms with van der Waals surface area (Å²) in [6.45, 7) is 11.1. The molecule has 0 aromatic heterocycles. The van der Waals surface area contributed by atoms with E-state index >= 15 is 0 Å². The molecule has 0 unspecified atom stereocenters. The van der Waals surface area contributed by atoms with Crippen molar-refractivity contribution in [3.8, 4) is 0 Å². The Labute approximate surface area is 117 Å². The molecule has 0 saturated heterocycles. The van der Waals surface area contributed by atoms with E-state index in [2.05, 4.69) is 27.7 Å². The van der Waals surface area contributed by atoms with Gasteiger partial charge in [0.15, 0.2) is 0 Å². The van der Waals surface area contributed by atoms with Crippen LogP contribution in [0.4, 0.5) is 0 Å². The third kappa shape index (κ3) is 1.52. The molecule has 2 heteroatoms. The molecule has 0 aromatic rings. The highest BCUT2D eigenvalue weighted by atomic mass is 16.6. The van der Waals surface area contributed by atoms with E-state index in [0.717, 1.165) is 24.2 Å². The zero-order valence-electron chi connectivity index (χ0n) is 13.1. The van der Waals surface area contributed by atoms with Gasteiger partial charge in [-0.15, -0.1) is 0 Å². The fourth-order valence-electron chi connectivity index (χ4n) is 6.30. The molecule has 2 bridgehead atoms. The van der Waals surface area contributed by atoms with E-state index in [4.69, 9.17) is 4.74 Å². The molecule has 3 rings (SSSR count). The average molecular weight is 264 g/mol. The molecule has 3 saturated carbocycles. The Bertz CT molecular complexity index is 413. The lowest BCUT2D eigenvalue weighted by atomic mass is 9.63. The summed E-state index contributed by atoms with van der Waals surface area (Å²) in [7, 11) is 0. The lowest BCUT2D eigenvalue weighted by molar-refractivity contribution is -0.172. The number of rotatable bonds is 1. The van der Waals surface area contributed by atoms with Crippen molar-refractivity contribution in [3.05, 3.63) is 0 Å². The lowest BCUT2D eigenvalue weighted by Gasteiger charge is -2.46. The molecule has 0 amide bonds. The van der Waals surface area contributed by atoms with Crippen molar-refractivity contribution in [2.45, 2.75) is 72.3 Å². The molecule has 0 N–H and O–H groups in total. The van der Waals surface area contributed by atoms with E-state index in [-0.39, 0.29) is 17.0 Å². The minimum atomic E-state index is -0.213. The summed E-state index contributed by atoms with van der Waals surface area (Å²) < 4.78 is 5.88. The van der Waals surface area contributed by atoms with Gasteiger partial charge < -0.3 is 4.74 Å². The van der Waals surface area contributed by atoms with Crippen molar-refractivity contribution in [1.82, 2.24) is 0 Å². The highest BCUT2D eigenvalue weighted by molar-refractivity contribution is 5.66. The van der Waals surface area contributed by atoms with Crippen LogP contribution in [0.1, 0.15) is 66.7 Å². The molecule has 108 valence electrons. The van der Waals surface area contributed by atoms with Crippen LogP contribution in [-0.4, -0.2) is 11.6 Å². The van der Waals surface area contributed by atoms with Crippen LogP contribution in [0.3, 0.4) is 0 Å². The van der Waals surface area contributed by atoms with Gasteiger partial charge >= 0.3 is 5.97 Å². The summed E-state index contributed by atoms with van der Waals surface area (Å²) in [5.74, 6) is 2.27. The minimum absolute atomic E-state index is 0.0996. The first-order valence-electron chi connectivity index (χ1n) is 7.92. The third-order valence-corrected chi connectivity index (χ3v) is 7.17. The van der Waals surface area contributed by atoms with Crippen molar-refractivity contribution >= 4 is 5.97 Å². The summed E-state index contributed by atoms with van der Waals surface area (Å²) in [6.07, 6.45) is 6.13. The Kier molecular flexibility index (Phi) is 2.67. The molecule has 5 atom stereocenters. The Morgan fingerprint density at radius 3 is 2.47 bits per heavy atom. The topological polar surface area (TPSA) is 26.3 Å². The second kappa shape index (κ2) is 3.77. The second-order valence-electron chi connectivity index (χ2n) is 8.22. The van der Waals surface area contributed by atoms with Gasteiger partial charge in [-0.05, 0) is 62.2 Å². The number of hydrogen-bond donors (Lipinski definition) is 0. The van der Waals surface area contributed by atoms with E-state index in [9.17, 15) is 4.79 Å². The first kappa shape index (κ1) is 13.5. The summed E-state index contributed by atoms with van der Waals surface area (Å²) in [6, 6.07) is 0. The average Bonchev–Trinajstić information content (AvgIpc) is 2.65. The molecule has 3 aliphatic carbocycles. The van der Waals surface area contributed by atoms with Crippen LogP contribution >= 0.6 is 0 Å². The molecule has 3 fully saturated rings. The van der Waals surface area contributed by atoms with Crippen molar-refractivity contribution in [1.29, 1.82) is 0 Å². The van der Waals surface area contributed by atoms with Crippen LogP contribution < -0.4 is 0 Å². The smallest absolute Gasteiger partial charge is 0.303 e. The monoisotopic (exact) mass is 264 g/mol. The summed E-state index contributed by atoms with van der Waals surface area (Å²) >= 11 is 0. The normalized spacial score (nSPS) is 50.9. The number of esters is 1. The SMILES string of the molecule is CC(=O)O[C@]1(C)CC[C@@H]2C(C)(C)[C@H]3C[C@]21CC[C@@H]3C. The minimum Gasteiger partial charge on any atom is -0.459 e. The quantitative estimate of drug-likeness (QED) is 0.664. The van der Waals surface area contributed by atoms with Crippen LogP contribution in [-0.2, 0) is 9.53 Å². The Morgan fingerprint density at radius 1 is 1.16 bits per heavy atom. The molecule has 0 aromatic carbocycles. The van der Waals surface area contributed by atoms with E-state index < -0.39 is 0 Å². The summed E-state index contributed by atoms with van der Waals surface area (Å²) in [5, 5.41) is 0. The van der Waals surface area contributed by atoms with Gasteiger partial charge in [-0.3, -0.25) is 4.79 Å². The first-order valence-corrected chi connectivity index (χ1v) is 7.92. The molecule has 0 aliphatic heterocycles. The van der Waals surface area contributed by atoms with Gasteiger partial charge in [0.2, 0.25) is 0 Å². The number of ether oxygens (including phenoxy) is 1. The molecule has 2 nitrogen and oxygen atoms in total. The molecule has 19 heavy (non-hydrogen) atoms. The van der Waals surface area contributed by atoms with Gasteiger partial charge in [0, 0.05) is 12.3 Å². The number of hydrogen-bond acceptors (Lipinski definition) is 2. The van der Waals surface area contributed by atoms with Crippen LogP contribution in [0.15, 0.2) is 0 Å².